The van der Waals surface area contributed by atoms with E-state index in [4.69, 9.17) is 16.3 Å². The fourth-order valence-electron chi connectivity index (χ4n) is 5.94. The quantitative estimate of drug-likeness (QED) is 0.0988. The van der Waals surface area contributed by atoms with Gasteiger partial charge in [0.05, 0.1) is 18.2 Å². The van der Waals surface area contributed by atoms with Crippen LogP contribution >= 0.6 is 11.6 Å². The second-order valence-electron chi connectivity index (χ2n) is 13.8. The molecule has 0 saturated carbocycles. The Labute approximate surface area is 287 Å². The molecule has 0 spiro atoms. The first kappa shape index (κ1) is 39.0. The molecule has 0 heterocycles. The standard InChI is InChI=1S/C42H61ClN2O/c1-12-37(23-29(2)3)24-31(5)33(7)28-44-36(10)41(27-39-21-22-42(46-11)40(43)26-39)45-34(8)18-16-17-30(4)35(9)32(6)25-38-19-14-13-15-20-38/h12-16,18-22,26,29-30,32-33,35,37,41,44-45H,1,5,8,10,17,23-25,27-28H2,2-4,6-7,9,11H3/b18-16+/t30-,32?,33?,35?,37?,41+/m0/s1. The van der Waals surface area contributed by atoms with Crippen molar-refractivity contribution < 1.29 is 4.74 Å². The van der Waals surface area contributed by atoms with Crippen molar-refractivity contribution in [1.29, 1.82) is 0 Å². The first-order valence-electron chi connectivity index (χ1n) is 17.1. The summed E-state index contributed by atoms with van der Waals surface area (Å²) in [6.45, 7) is 31.9. The maximum absolute atomic E-state index is 6.48. The molecule has 0 fully saturated rings. The number of ether oxygens (including phenoxy) is 1. The van der Waals surface area contributed by atoms with Crippen molar-refractivity contribution in [1.82, 2.24) is 10.6 Å². The Morgan fingerprint density at radius 2 is 1.61 bits per heavy atom. The molecule has 0 aliphatic rings. The number of methoxy groups -OCH3 is 1. The van der Waals surface area contributed by atoms with Gasteiger partial charge in [0.1, 0.15) is 5.75 Å². The van der Waals surface area contributed by atoms with Crippen molar-refractivity contribution in [3.05, 3.63) is 126 Å². The smallest absolute Gasteiger partial charge is 0.137 e. The largest absolute Gasteiger partial charge is 0.495 e. The van der Waals surface area contributed by atoms with Gasteiger partial charge >= 0.3 is 0 Å². The highest BCUT2D eigenvalue weighted by Gasteiger charge is 2.20. The Kier molecular flexibility index (Phi) is 17.1. The number of rotatable bonds is 22. The van der Waals surface area contributed by atoms with Gasteiger partial charge in [-0.1, -0.05) is 127 Å². The van der Waals surface area contributed by atoms with E-state index in [1.54, 1.807) is 7.11 Å². The zero-order valence-electron chi connectivity index (χ0n) is 29.7. The first-order valence-corrected chi connectivity index (χ1v) is 17.4. The van der Waals surface area contributed by atoms with Gasteiger partial charge in [0.25, 0.3) is 0 Å². The molecule has 0 saturated heterocycles. The zero-order chi connectivity index (χ0) is 34.2. The van der Waals surface area contributed by atoms with Crippen LogP contribution in [0.3, 0.4) is 0 Å². The molecular formula is C42H61ClN2O. The maximum atomic E-state index is 6.48. The summed E-state index contributed by atoms with van der Waals surface area (Å²) in [5, 5.41) is 7.85. The summed E-state index contributed by atoms with van der Waals surface area (Å²) in [5.74, 6) is 3.85. The SMILES string of the molecule is C=CC(CC(=C)C(C)CNC(=C)[C@@H](Cc1ccc(OC)c(Cl)c1)NC(=C)/C=C/C[C@H](C)C(C)C(C)Cc1ccccc1)CC(C)C. The molecule has 0 radical (unpaired) electrons. The highest BCUT2D eigenvalue weighted by Crippen LogP contribution is 2.28. The molecule has 0 amide bonds. The van der Waals surface area contributed by atoms with Gasteiger partial charge in [-0.25, -0.2) is 0 Å². The summed E-state index contributed by atoms with van der Waals surface area (Å²) in [4.78, 5) is 0. The van der Waals surface area contributed by atoms with Gasteiger partial charge in [-0.3, -0.25) is 0 Å². The fraction of sp³-hybridized carbons (Fsp3) is 0.476. The second-order valence-corrected chi connectivity index (χ2v) is 14.2. The maximum Gasteiger partial charge on any atom is 0.137 e. The van der Waals surface area contributed by atoms with Crippen LogP contribution in [-0.2, 0) is 12.8 Å². The summed E-state index contributed by atoms with van der Waals surface area (Å²) >= 11 is 6.48. The number of hydrogen-bond acceptors (Lipinski definition) is 3. The molecule has 4 heteroatoms. The summed E-state index contributed by atoms with van der Waals surface area (Å²) in [5.41, 5.74) is 5.53. The van der Waals surface area contributed by atoms with Crippen LogP contribution in [0.5, 0.6) is 5.75 Å². The highest BCUT2D eigenvalue weighted by atomic mass is 35.5. The molecule has 0 aromatic heterocycles. The zero-order valence-corrected chi connectivity index (χ0v) is 30.5. The molecular weight excluding hydrogens is 584 g/mol. The molecule has 6 atom stereocenters. The lowest BCUT2D eigenvalue weighted by Crippen LogP contribution is -2.38. The van der Waals surface area contributed by atoms with Crippen LogP contribution < -0.4 is 15.4 Å². The molecule has 2 aromatic carbocycles. The third kappa shape index (κ3) is 13.7. The van der Waals surface area contributed by atoms with E-state index in [1.807, 2.05) is 12.1 Å². The summed E-state index contributed by atoms with van der Waals surface area (Å²) < 4.78 is 5.37. The monoisotopic (exact) mass is 644 g/mol. The third-order valence-electron chi connectivity index (χ3n) is 9.42. The Hall–Kier alpha value is -3.17. The number of hydrogen-bond donors (Lipinski definition) is 2. The minimum absolute atomic E-state index is 0.0776. The van der Waals surface area contributed by atoms with Crippen LogP contribution in [0.15, 0.2) is 110 Å². The molecule has 4 unspecified atom stereocenters. The molecule has 3 nitrogen and oxygen atoms in total. The van der Waals surface area contributed by atoms with E-state index in [0.29, 0.717) is 52.7 Å². The van der Waals surface area contributed by atoms with Gasteiger partial charge in [-0.2, -0.15) is 0 Å². The van der Waals surface area contributed by atoms with Crippen LogP contribution in [0, 0.1) is 35.5 Å². The number of nitrogens with one attached hydrogen (secondary N) is 2. The molecule has 252 valence electrons. The molecule has 2 N–H and O–H groups in total. The van der Waals surface area contributed by atoms with Gasteiger partial charge in [0, 0.05) is 17.9 Å². The lowest BCUT2D eigenvalue weighted by Gasteiger charge is -2.27. The van der Waals surface area contributed by atoms with Gasteiger partial charge in [0.15, 0.2) is 0 Å². The third-order valence-corrected chi connectivity index (χ3v) is 9.72. The van der Waals surface area contributed by atoms with E-state index in [0.717, 1.165) is 49.2 Å². The van der Waals surface area contributed by atoms with Crippen molar-refractivity contribution in [2.75, 3.05) is 13.7 Å². The van der Waals surface area contributed by atoms with Crippen LogP contribution in [0.1, 0.15) is 71.9 Å². The van der Waals surface area contributed by atoms with Gasteiger partial charge in [-0.05, 0) is 96.9 Å². The molecule has 0 bridgehead atoms. The van der Waals surface area contributed by atoms with Crippen molar-refractivity contribution in [2.24, 2.45) is 35.5 Å². The molecule has 2 aromatic rings. The average molecular weight is 645 g/mol. The van der Waals surface area contributed by atoms with E-state index in [2.05, 4.69) is 133 Å². The lowest BCUT2D eigenvalue weighted by atomic mass is 9.80. The minimum atomic E-state index is -0.0776. The topological polar surface area (TPSA) is 33.3 Å². The molecule has 0 aliphatic carbocycles. The fourth-order valence-corrected chi connectivity index (χ4v) is 6.22. The normalized spacial score (nSPS) is 15.4. The van der Waals surface area contributed by atoms with Crippen LogP contribution in [0.4, 0.5) is 0 Å². The van der Waals surface area contributed by atoms with E-state index < -0.39 is 0 Å². The first-order chi connectivity index (χ1) is 21.8. The Morgan fingerprint density at radius 3 is 2.22 bits per heavy atom. The van der Waals surface area contributed by atoms with E-state index >= 15 is 0 Å². The molecule has 46 heavy (non-hydrogen) atoms. The van der Waals surface area contributed by atoms with Crippen LogP contribution in [0.2, 0.25) is 5.02 Å². The number of halogens is 1. The van der Waals surface area contributed by atoms with E-state index in [9.17, 15) is 0 Å². The van der Waals surface area contributed by atoms with Crippen LogP contribution in [-0.4, -0.2) is 19.7 Å². The van der Waals surface area contributed by atoms with Crippen LogP contribution in [0.25, 0.3) is 0 Å². The lowest BCUT2D eigenvalue weighted by molar-refractivity contribution is 0.279. The summed E-state index contributed by atoms with van der Waals surface area (Å²) in [6.07, 6.45) is 11.4. The highest BCUT2D eigenvalue weighted by molar-refractivity contribution is 6.32. The number of benzene rings is 2. The van der Waals surface area contributed by atoms with Crippen molar-refractivity contribution in [2.45, 2.75) is 79.7 Å². The number of allylic oxidation sites excluding steroid dienone is 3. The molecule has 2 rings (SSSR count). The predicted molar refractivity (Wildman–Crippen MR) is 202 cm³/mol. The average Bonchev–Trinajstić information content (AvgIpc) is 3.02. The van der Waals surface area contributed by atoms with Gasteiger partial charge < -0.3 is 15.4 Å². The van der Waals surface area contributed by atoms with E-state index in [1.165, 1.54) is 11.1 Å². The van der Waals surface area contributed by atoms with Gasteiger partial charge in [-0.15, -0.1) is 6.58 Å². The van der Waals surface area contributed by atoms with Crippen molar-refractivity contribution in [3.63, 3.8) is 0 Å². The van der Waals surface area contributed by atoms with Gasteiger partial charge in [0.2, 0.25) is 0 Å². The Balaban J connectivity index is 2.04. The second kappa shape index (κ2) is 20.1. The predicted octanol–water partition coefficient (Wildman–Crippen LogP) is 11.0. The van der Waals surface area contributed by atoms with Crippen molar-refractivity contribution >= 4 is 11.6 Å². The Morgan fingerprint density at radius 1 is 0.913 bits per heavy atom. The van der Waals surface area contributed by atoms with Crippen molar-refractivity contribution in [3.8, 4) is 5.75 Å². The van der Waals surface area contributed by atoms with E-state index in [-0.39, 0.29) is 6.04 Å². The Bertz CT molecular complexity index is 1280. The minimum Gasteiger partial charge on any atom is -0.495 e. The summed E-state index contributed by atoms with van der Waals surface area (Å²) in [6, 6.07) is 16.7. The summed E-state index contributed by atoms with van der Waals surface area (Å²) in [7, 11) is 1.63. The molecule has 0 aliphatic heterocycles.